The van der Waals surface area contributed by atoms with Crippen molar-refractivity contribution in [2.45, 2.75) is 50.8 Å². The van der Waals surface area contributed by atoms with Gasteiger partial charge in [-0.3, -0.25) is 14.4 Å². The van der Waals surface area contributed by atoms with Crippen LogP contribution in [-0.4, -0.2) is 67.9 Å². The zero-order chi connectivity index (χ0) is 31.7. The number of ether oxygens (including phenoxy) is 2. The predicted octanol–water partition coefficient (Wildman–Crippen LogP) is 2.36. The van der Waals surface area contributed by atoms with E-state index in [-0.39, 0.29) is 37.6 Å². The Balaban J connectivity index is 1.64. The minimum Gasteiger partial charge on any atom is -0.493 e. The summed E-state index contributed by atoms with van der Waals surface area (Å²) < 4.78 is 11.5. The Morgan fingerprint density at radius 3 is 2.07 bits per heavy atom. The van der Waals surface area contributed by atoms with E-state index in [1.807, 2.05) is 78.9 Å². The summed E-state index contributed by atoms with van der Waals surface area (Å²) in [6.45, 7) is 1.61. The van der Waals surface area contributed by atoms with Gasteiger partial charge in [-0.2, -0.15) is 0 Å². The van der Waals surface area contributed by atoms with E-state index in [4.69, 9.17) is 26.7 Å². The Morgan fingerprint density at radius 2 is 1.45 bits per heavy atom. The van der Waals surface area contributed by atoms with Crippen molar-refractivity contribution in [3.8, 4) is 11.5 Å². The van der Waals surface area contributed by atoms with Gasteiger partial charge < -0.3 is 36.9 Å². The van der Waals surface area contributed by atoms with Crippen LogP contribution in [0.2, 0.25) is 0 Å². The van der Waals surface area contributed by atoms with Crippen molar-refractivity contribution in [2.75, 3.05) is 33.3 Å². The third kappa shape index (κ3) is 11.1. The number of amides is 2. The van der Waals surface area contributed by atoms with E-state index in [0.717, 1.165) is 16.7 Å². The number of nitrogens with one attached hydrogen (secondary N) is 1. The average Bonchev–Trinajstić information content (AvgIpc) is 3.05. The second kappa shape index (κ2) is 18.4. The number of hydrogen-bond donors (Lipinski definition) is 4. The fraction of sp³-hybridized carbons (Fsp3) is 0.382. The SMILES string of the molecule is COc1cc(CCC(=O)[C@H](CCc2ccccc2)NC(=O)[C@@H](N)CC(=O)N(CCN)CCN)ccc1OCc1ccccc1. The number of nitrogens with two attached hydrogens (primary N) is 3. The van der Waals surface area contributed by atoms with Crippen LogP contribution in [0.15, 0.2) is 78.9 Å². The van der Waals surface area contributed by atoms with Gasteiger partial charge in [0.25, 0.3) is 0 Å². The van der Waals surface area contributed by atoms with E-state index < -0.39 is 18.0 Å². The van der Waals surface area contributed by atoms with Crippen LogP contribution in [0.5, 0.6) is 11.5 Å². The van der Waals surface area contributed by atoms with Crippen LogP contribution < -0.4 is 32.0 Å². The molecule has 3 rings (SSSR count). The van der Waals surface area contributed by atoms with E-state index in [9.17, 15) is 14.4 Å². The summed E-state index contributed by atoms with van der Waals surface area (Å²) in [4.78, 5) is 40.7. The first-order valence-corrected chi connectivity index (χ1v) is 15.0. The standard InChI is InChI=1S/C34H45N5O5/c1-43-32-22-26(14-17-31(32)44-24-27-10-6-3-7-11-27)13-16-30(40)29(15-12-25-8-4-2-5-9-25)38-34(42)28(37)23-33(41)39(20-18-35)21-19-36/h2-11,14,17,22,28-29H,12-13,15-16,18-21,23-24,35-37H2,1H3,(H,38,42)/t28-,29-/m0/s1. The zero-order valence-corrected chi connectivity index (χ0v) is 25.5. The van der Waals surface area contributed by atoms with Crippen LogP contribution in [0.1, 0.15) is 36.0 Å². The van der Waals surface area contributed by atoms with Crippen LogP contribution in [0.3, 0.4) is 0 Å². The molecular formula is C34H45N5O5. The Bertz CT molecular complexity index is 1320. The highest BCUT2D eigenvalue weighted by Gasteiger charge is 2.26. The first-order valence-electron chi connectivity index (χ1n) is 15.0. The van der Waals surface area contributed by atoms with E-state index >= 15 is 0 Å². The molecule has 2 atom stereocenters. The van der Waals surface area contributed by atoms with Gasteiger partial charge in [0.2, 0.25) is 11.8 Å². The Kier molecular flexibility index (Phi) is 14.3. The van der Waals surface area contributed by atoms with Crippen molar-refractivity contribution < 1.29 is 23.9 Å². The van der Waals surface area contributed by atoms with Gasteiger partial charge in [-0.05, 0) is 48.1 Å². The molecule has 2 amide bonds. The molecule has 236 valence electrons. The lowest BCUT2D eigenvalue weighted by Gasteiger charge is -2.24. The van der Waals surface area contributed by atoms with Gasteiger partial charge >= 0.3 is 0 Å². The highest BCUT2D eigenvalue weighted by Crippen LogP contribution is 2.29. The first kappa shape index (κ1) is 34.2. The van der Waals surface area contributed by atoms with E-state index in [1.54, 1.807) is 7.11 Å². The third-order valence-corrected chi connectivity index (χ3v) is 7.28. The fourth-order valence-electron chi connectivity index (χ4n) is 4.79. The lowest BCUT2D eigenvalue weighted by Crippen LogP contribution is -2.51. The van der Waals surface area contributed by atoms with Crippen molar-refractivity contribution in [3.05, 3.63) is 95.6 Å². The largest absolute Gasteiger partial charge is 0.493 e. The molecule has 10 heteroatoms. The molecule has 7 N–H and O–H groups in total. The number of Topliss-reactive ketones (excluding diaryl/α,β-unsaturated/α-hetero) is 1. The monoisotopic (exact) mass is 603 g/mol. The van der Waals surface area contributed by atoms with Crippen LogP contribution in [0.4, 0.5) is 0 Å². The number of hydrogen-bond acceptors (Lipinski definition) is 8. The van der Waals surface area contributed by atoms with Crippen molar-refractivity contribution in [1.29, 1.82) is 0 Å². The molecule has 0 aliphatic rings. The van der Waals surface area contributed by atoms with Crippen LogP contribution in [0.25, 0.3) is 0 Å². The van der Waals surface area contributed by atoms with E-state index in [0.29, 0.717) is 50.5 Å². The van der Waals surface area contributed by atoms with Crippen molar-refractivity contribution in [3.63, 3.8) is 0 Å². The number of aryl methyl sites for hydroxylation is 2. The summed E-state index contributed by atoms with van der Waals surface area (Å²) in [6, 6.07) is 23.3. The summed E-state index contributed by atoms with van der Waals surface area (Å²) in [5, 5.41) is 2.82. The maximum Gasteiger partial charge on any atom is 0.238 e. The van der Waals surface area contributed by atoms with Gasteiger partial charge in [0.05, 0.1) is 25.6 Å². The first-order chi connectivity index (χ1) is 21.3. The van der Waals surface area contributed by atoms with Gasteiger partial charge in [0.15, 0.2) is 17.3 Å². The average molecular weight is 604 g/mol. The van der Waals surface area contributed by atoms with Crippen molar-refractivity contribution in [1.82, 2.24) is 10.2 Å². The minimum atomic E-state index is -1.11. The summed E-state index contributed by atoms with van der Waals surface area (Å²) >= 11 is 0. The van der Waals surface area contributed by atoms with Crippen LogP contribution >= 0.6 is 0 Å². The Labute approximate surface area is 259 Å². The van der Waals surface area contributed by atoms with Crippen molar-refractivity contribution >= 4 is 17.6 Å². The number of nitrogens with zero attached hydrogens (tertiary/aromatic N) is 1. The lowest BCUT2D eigenvalue weighted by atomic mass is 9.97. The van der Waals surface area contributed by atoms with Crippen LogP contribution in [-0.2, 0) is 33.8 Å². The predicted molar refractivity (Wildman–Crippen MR) is 171 cm³/mol. The molecule has 3 aromatic carbocycles. The van der Waals surface area contributed by atoms with E-state index in [1.165, 1.54) is 4.90 Å². The normalized spacial score (nSPS) is 12.2. The second-order valence-corrected chi connectivity index (χ2v) is 10.6. The molecule has 0 spiro atoms. The maximum absolute atomic E-state index is 13.5. The number of ketones is 1. The number of benzene rings is 3. The number of carbonyl (C=O) groups is 3. The second-order valence-electron chi connectivity index (χ2n) is 10.6. The molecule has 44 heavy (non-hydrogen) atoms. The highest BCUT2D eigenvalue weighted by atomic mass is 16.5. The topological polar surface area (TPSA) is 163 Å². The third-order valence-electron chi connectivity index (χ3n) is 7.28. The van der Waals surface area contributed by atoms with Crippen molar-refractivity contribution in [2.24, 2.45) is 17.2 Å². The molecule has 3 aromatic rings. The van der Waals surface area contributed by atoms with Gasteiger partial charge in [-0.1, -0.05) is 66.7 Å². The molecule has 10 nitrogen and oxygen atoms in total. The molecule has 0 radical (unpaired) electrons. The molecular weight excluding hydrogens is 558 g/mol. The molecule has 0 saturated heterocycles. The maximum atomic E-state index is 13.5. The summed E-state index contributed by atoms with van der Waals surface area (Å²) in [6.07, 6.45) is 1.43. The summed E-state index contributed by atoms with van der Waals surface area (Å²) in [7, 11) is 1.58. The fourth-order valence-corrected chi connectivity index (χ4v) is 4.79. The number of carbonyl (C=O) groups excluding carboxylic acids is 3. The molecule has 0 aromatic heterocycles. The smallest absolute Gasteiger partial charge is 0.238 e. The highest BCUT2D eigenvalue weighted by molar-refractivity contribution is 5.93. The molecule has 0 bridgehead atoms. The molecule has 0 unspecified atom stereocenters. The number of methoxy groups -OCH3 is 1. The van der Waals surface area contributed by atoms with E-state index in [2.05, 4.69) is 5.32 Å². The van der Waals surface area contributed by atoms with Crippen LogP contribution in [0, 0.1) is 0 Å². The van der Waals surface area contributed by atoms with Gasteiger partial charge in [-0.15, -0.1) is 0 Å². The molecule has 0 aliphatic heterocycles. The minimum absolute atomic E-state index is 0.121. The quantitative estimate of drug-likeness (QED) is 0.162. The molecule has 0 fully saturated rings. The number of rotatable bonds is 19. The zero-order valence-electron chi connectivity index (χ0n) is 25.5. The molecule has 0 heterocycles. The summed E-state index contributed by atoms with van der Waals surface area (Å²) in [5.74, 6) is 0.213. The molecule has 0 aliphatic carbocycles. The van der Waals surface area contributed by atoms with Gasteiger partial charge in [0.1, 0.15) is 6.61 Å². The molecule has 0 saturated carbocycles. The van der Waals surface area contributed by atoms with Gasteiger partial charge in [0, 0.05) is 32.6 Å². The summed E-state index contributed by atoms with van der Waals surface area (Å²) in [5.41, 5.74) is 20.3. The lowest BCUT2D eigenvalue weighted by molar-refractivity contribution is -0.135. The Hall–Kier alpha value is -4.25. The Morgan fingerprint density at radius 1 is 0.818 bits per heavy atom. The van der Waals surface area contributed by atoms with Gasteiger partial charge in [-0.25, -0.2) is 0 Å².